The van der Waals surface area contributed by atoms with E-state index in [1.165, 1.54) is 6.07 Å². The molecule has 0 aliphatic carbocycles. The smallest absolute Gasteiger partial charge is 0.264 e. The number of pyridine rings is 1. The summed E-state index contributed by atoms with van der Waals surface area (Å²) >= 11 is 3.43. The number of hydrogen-bond acceptors (Lipinski definition) is 4. The molecular formula is C15H12BrNO4S. The van der Waals surface area contributed by atoms with Gasteiger partial charge in [0.05, 0.1) is 12.9 Å². The zero-order valence-electron chi connectivity index (χ0n) is 11.6. The van der Waals surface area contributed by atoms with Gasteiger partial charge < -0.3 is 4.98 Å². The summed E-state index contributed by atoms with van der Waals surface area (Å²) in [5.74, 6) is 0. The summed E-state index contributed by atoms with van der Waals surface area (Å²) in [6.07, 6.45) is 2.67. The highest BCUT2D eigenvalue weighted by atomic mass is 79.9. The van der Waals surface area contributed by atoms with E-state index in [0.717, 1.165) is 32.3 Å². The van der Waals surface area contributed by atoms with E-state index in [1.807, 2.05) is 18.2 Å². The Hall–Kier alpha value is -1.70. The Morgan fingerprint density at radius 2 is 1.91 bits per heavy atom. The van der Waals surface area contributed by atoms with Crippen LogP contribution in [0.4, 0.5) is 0 Å². The summed E-state index contributed by atoms with van der Waals surface area (Å²) < 4.78 is 28.3. The molecule has 0 unspecified atom stereocenters. The fourth-order valence-corrected chi connectivity index (χ4v) is 3.12. The molecule has 22 heavy (non-hydrogen) atoms. The minimum Gasteiger partial charge on any atom is -0.328 e. The first-order valence-electron chi connectivity index (χ1n) is 6.41. The zero-order valence-corrected chi connectivity index (χ0v) is 14.0. The number of benzene rings is 2. The van der Waals surface area contributed by atoms with Gasteiger partial charge in [-0.2, -0.15) is 8.42 Å². The highest BCUT2D eigenvalue weighted by molar-refractivity contribution is 9.10. The van der Waals surface area contributed by atoms with Crippen LogP contribution in [0, 0.1) is 0 Å². The molecule has 0 saturated carbocycles. The van der Waals surface area contributed by atoms with Gasteiger partial charge in [-0.15, -0.1) is 0 Å². The van der Waals surface area contributed by atoms with Gasteiger partial charge in [-0.05, 0) is 39.9 Å². The third kappa shape index (κ3) is 3.06. The van der Waals surface area contributed by atoms with Crippen LogP contribution in [0.1, 0.15) is 5.56 Å². The van der Waals surface area contributed by atoms with Crippen molar-refractivity contribution >= 4 is 47.6 Å². The summed E-state index contributed by atoms with van der Waals surface area (Å²) in [5.41, 5.74) is 0.503. The number of aromatic nitrogens is 1. The first kappa shape index (κ1) is 15.2. The molecule has 0 radical (unpaired) electrons. The maximum atomic E-state index is 11.5. The lowest BCUT2D eigenvalue weighted by molar-refractivity contribution is 0.313. The number of nitrogens with one attached hydrogen (secondary N) is 1. The molecule has 0 atom stereocenters. The van der Waals surface area contributed by atoms with Crippen molar-refractivity contribution < 1.29 is 12.6 Å². The van der Waals surface area contributed by atoms with Gasteiger partial charge in [0.15, 0.2) is 0 Å². The summed E-state index contributed by atoms with van der Waals surface area (Å²) in [7, 11) is -3.54. The Labute approximate surface area is 135 Å². The van der Waals surface area contributed by atoms with E-state index in [4.69, 9.17) is 4.18 Å². The van der Waals surface area contributed by atoms with E-state index >= 15 is 0 Å². The average molecular weight is 382 g/mol. The Morgan fingerprint density at radius 3 is 2.64 bits per heavy atom. The number of halogens is 1. The van der Waals surface area contributed by atoms with Gasteiger partial charge in [-0.1, -0.05) is 22.0 Å². The molecule has 0 spiro atoms. The van der Waals surface area contributed by atoms with E-state index in [0.29, 0.717) is 5.56 Å². The van der Waals surface area contributed by atoms with Crippen molar-refractivity contribution in [2.45, 2.75) is 6.61 Å². The van der Waals surface area contributed by atoms with Crippen LogP contribution >= 0.6 is 15.9 Å². The monoisotopic (exact) mass is 381 g/mol. The molecule has 0 aliphatic rings. The average Bonchev–Trinajstić information content (AvgIpc) is 2.43. The molecule has 0 bridgehead atoms. The Kier molecular flexibility index (Phi) is 3.80. The fourth-order valence-electron chi connectivity index (χ4n) is 2.41. The van der Waals surface area contributed by atoms with Crippen LogP contribution < -0.4 is 5.56 Å². The summed E-state index contributed by atoms with van der Waals surface area (Å²) in [4.78, 5) is 14.2. The van der Waals surface area contributed by atoms with E-state index < -0.39 is 10.1 Å². The maximum Gasteiger partial charge on any atom is 0.264 e. The second-order valence-electron chi connectivity index (χ2n) is 4.99. The number of aromatic amines is 1. The summed E-state index contributed by atoms with van der Waals surface area (Å²) in [6.45, 7) is -0.0697. The van der Waals surface area contributed by atoms with Crippen molar-refractivity contribution in [3.8, 4) is 0 Å². The first-order valence-corrected chi connectivity index (χ1v) is 9.02. The Morgan fingerprint density at radius 1 is 1.14 bits per heavy atom. The van der Waals surface area contributed by atoms with Gasteiger partial charge in [0.2, 0.25) is 5.56 Å². The molecule has 7 heteroatoms. The van der Waals surface area contributed by atoms with Crippen molar-refractivity contribution in [3.05, 3.63) is 56.9 Å². The molecule has 0 fully saturated rings. The lowest BCUT2D eigenvalue weighted by atomic mass is 9.99. The van der Waals surface area contributed by atoms with Crippen LogP contribution in [-0.4, -0.2) is 19.7 Å². The normalized spacial score (nSPS) is 12.1. The predicted octanol–water partition coefficient (Wildman–Crippen LogP) is 2.92. The van der Waals surface area contributed by atoms with Gasteiger partial charge in [0.1, 0.15) is 0 Å². The predicted molar refractivity (Wildman–Crippen MR) is 89.4 cm³/mol. The van der Waals surface area contributed by atoms with Crippen LogP contribution in [0.2, 0.25) is 0 Å². The lowest BCUT2D eigenvalue weighted by Gasteiger charge is -2.10. The molecule has 2 aromatic carbocycles. The molecule has 3 rings (SSSR count). The number of hydrogen-bond donors (Lipinski definition) is 1. The quantitative estimate of drug-likeness (QED) is 0.558. The topological polar surface area (TPSA) is 76.2 Å². The first-order chi connectivity index (χ1) is 10.3. The molecule has 0 aliphatic heterocycles. The summed E-state index contributed by atoms with van der Waals surface area (Å²) in [6, 6.07) is 8.97. The van der Waals surface area contributed by atoms with Crippen molar-refractivity contribution in [1.29, 1.82) is 0 Å². The SMILES string of the molecule is CS(=O)(=O)OCc1cc2cc(=O)[nH]cc2c2cc(Br)ccc12. The molecule has 0 saturated heterocycles. The fraction of sp³-hybridized carbons (Fsp3) is 0.133. The van der Waals surface area contributed by atoms with Crippen molar-refractivity contribution in [2.75, 3.05) is 6.26 Å². The van der Waals surface area contributed by atoms with Gasteiger partial charge >= 0.3 is 0 Å². The molecule has 1 aromatic heterocycles. The maximum absolute atomic E-state index is 11.5. The molecule has 5 nitrogen and oxygen atoms in total. The standard InChI is InChI=1S/C15H12BrNO4S/c1-22(19,20)21-8-10-4-9-5-15(18)17-7-14(9)13-6-11(16)2-3-12(10)13/h2-7H,8H2,1H3,(H,17,18). The summed E-state index contributed by atoms with van der Waals surface area (Å²) in [5, 5.41) is 3.42. The molecule has 0 amide bonds. The number of fused-ring (bicyclic) bond motifs is 3. The van der Waals surface area contributed by atoms with Crippen molar-refractivity contribution in [3.63, 3.8) is 0 Å². The van der Waals surface area contributed by atoms with Crippen LogP contribution in [0.15, 0.2) is 45.8 Å². The van der Waals surface area contributed by atoms with E-state index in [-0.39, 0.29) is 12.2 Å². The van der Waals surface area contributed by atoms with Gasteiger partial charge in [0.25, 0.3) is 10.1 Å². The van der Waals surface area contributed by atoms with Crippen LogP contribution in [0.3, 0.4) is 0 Å². The molecule has 1 heterocycles. The minimum atomic E-state index is -3.54. The van der Waals surface area contributed by atoms with E-state index in [2.05, 4.69) is 20.9 Å². The lowest BCUT2D eigenvalue weighted by Crippen LogP contribution is -2.05. The zero-order chi connectivity index (χ0) is 15.9. The van der Waals surface area contributed by atoms with Crippen LogP contribution in [-0.2, 0) is 20.9 Å². The largest absolute Gasteiger partial charge is 0.328 e. The highest BCUT2D eigenvalue weighted by Crippen LogP contribution is 2.30. The van der Waals surface area contributed by atoms with Gasteiger partial charge in [0, 0.05) is 22.1 Å². The van der Waals surface area contributed by atoms with E-state index in [9.17, 15) is 13.2 Å². The highest BCUT2D eigenvalue weighted by Gasteiger charge is 2.10. The van der Waals surface area contributed by atoms with Gasteiger partial charge in [-0.3, -0.25) is 8.98 Å². The van der Waals surface area contributed by atoms with Crippen molar-refractivity contribution in [2.24, 2.45) is 0 Å². The number of rotatable bonds is 3. The van der Waals surface area contributed by atoms with Crippen LogP contribution in [0.5, 0.6) is 0 Å². The van der Waals surface area contributed by atoms with Crippen molar-refractivity contribution in [1.82, 2.24) is 4.98 Å². The molecule has 3 aromatic rings. The second-order valence-corrected chi connectivity index (χ2v) is 7.55. The number of H-pyrrole nitrogens is 1. The third-order valence-electron chi connectivity index (χ3n) is 3.33. The Bertz CT molecular complexity index is 1040. The van der Waals surface area contributed by atoms with Gasteiger partial charge in [-0.25, -0.2) is 0 Å². The van der Waals surface area contributed by atoms with E-state index in [1.54, 1.807) is 12.3 Å². The third-order valence-corrected chi connectivity index (χ3v) is 4.37. The van der Waals surface area contributed by atoms with Crippen LogP contribution in [0.25, 0.3) is 21.5 Å². The Balaban J connectivity index is 2.31. The molecule has 1 N–H and O–H groups in total. The molecule has 114 valence electrons. The molecular weight excluding hydrogens is 370 g/mol. The second kappa shape index (κ2) is 5.49. The minimum absolute atomic E-state index is 0.0697.